The minimum absolute atomic E-state index is 0.307. The minimum atomic E-state index is -0.794. The van der Waals surface area contributed by atoms with Gasteiger partial charge in [0.25, 0.3) is 0 Å². The highest BCUT2D eigenvalue weighted by Crippen LogP contribution is 2.32. The largest absolute Gasteiger partial charge is 0.309 e. The van der Waals surface area contributed by atoms with E-state index in [1.54, 1.807) is 26.1 Å². The number of hydrogen-bond donors (Lipinski definition) is 1. The summed E-state index contributed by atoms with van der Waals surface area (Å²) in [7, 11) is 1.73. The lowest BCUT2D eigenvalue weighted by Gasteiger charge is -2.21. The van der Waals surface area contributed by atoms with Gasteiger partial charge >= 0.3 is 0 Å². The van der Waals surface area contributed by atoms with Gasteiger partial charge in [-0.15, -0.1) is 0 Å². The second kappa shape index (κ2) is 6.02. The van der Waals surface area contributed by atoms with E-state index in [9.17, 15) is 8.78 Å². The normalized spacial score (nSPS) is 12.5. The molecule has 2 aromatic carbocycles. The van der Waals surface area contributed by atoms with Crippen molar-refractivity contribution in [2.24, 2.45) is 0 Å². The van der Waals surface area contributed by atoms with Crippen molar-refractivity contribution in [1.29, 1.82) is 0 Å². The number of aryl methyl sites for hydroxylation is 2. The molecule has 1 N–H and O–H groups in total. The molecule has 2 rings (SSSR count). The van der Waals surface area contributed by atoms with Gasteiger partial charge in [-0.05, 0) is 37.6 Å². The van der Waals surface area contributed by atoms with Crippen LogP contribution in [0.4, 0.5) is 8.78 Å². The standard InChI is InChI=1S/C16H16BrF2N/c1-9-5-4-6-11(13(9)17)16(20-3)12-8-7-10(2)14(18)15(12)19/h4-8,16,20H,1-3H3. The molecule has 1 atom stereocenters. The van der Waals surface area contributed by atoms with E-state index in [0.29, 0.717) is 11.1 Å². The van der Waals surface area contributed by atoms with E-state index < -0.39 is 17.7 Å². The van der Waals surface area contributed by atoms with Crippen molar-refractivity contribution in [2.45, 2.75) is 19.9 Å². The van der Waals surface area contributed by atoms with Crippen LogP contribution in [0, 0.1) is 25.5 Å². The third-order valence-electron chi connectivity index (χ3n) is 3.44. The highest BCUT2D eigenvalue weighted by molar-refractivity contribution is 9.10. The molecule has 106 valence electrons. The summed E-state index contributed by atoms with van der Waals surface area (Å²) in [6.45, 7) is 3.52. The Balaban J connectivity index is 2.59. The average Bonchev–Trinajstić information content (AvgIpc) is 2.44. The summed E-state index contributed by atoms with van der Waals surface area (Å²) in [5.41, 5.74) is 2.55. The Morgan fingerprint density at radius 1 is 0.950 bits per heavy atom. The van der Waals surface area contributed by atoms with Crippen LogP contribution in [0.1, 0.15) is 28.3 Å². The summed E-state index contributed by atoms with van der Waals surface area (Å²) in [5, 5.41) is 3.05. The van der Waals surface area contributed by atoms with Crippen LogP contribution in [-0.4, -0.2) is 7.05 Å². The predicted octanol–water partition coefficient (Wildman–Crippen LogP) is 4.65. The molecule has 4 heteroatoms. The summed E-state index contributed by atoms with van der Waals surface area (Å²) in [5.74, 6) is -1.58. The van der Waals surface area contributed by atoms with Crippen LogP contribution < -0.4 is 5.32 Å². The van der Waals surface area contributed by atoms with Gasteiger partial charge in [-0.3, -0.25) is 0 Å². The molecule has 0 amide bonds. The van der Waals surface area contributed by atoms with Crippen LogP contribution in [0.15, 0.2) is 34.8 Å². The molecule has 0 fully saturated rings. The van der Waals surface area contributed by atoms with Gasteiger partial charge in [-0.2, -0.15) is 0 Å². The molecule has 2 aromatic rings. The molecule has 0 saturated carbocycles. The van der Waals surface area contributed by atoms with Crippen LogP contribution >= 0.6 is 15.9 Å². The SMILES string of the molecule is CNC(c1ccc(C)c(F)c1F)c1cccc(C)c1Br. The molecule has 1 nitrogen and oxygen atoms in total. The molecule has 0 spiro atoms. The maximum atomic E-state index is 14.2. The van der Waals surface area contributed by atoms with E-state index in [2.05, 4.69) is 21.2 Å². The van der Waals surface area contributed by atoms with E-state index in [-0.39, 0.29) is 0 Å². The molecule has 1 unspecified atom stereocenters. The van der Waals surface area contributed by atoms with Crippen LogP contribution in [0.5, 0.6) is 0 Å². The lowest BCUT2D eigenvalue weighted by molar-refractivity contribution is 0.482. The molecule has 0 aliphatic heterocycles. The topological polar surface area (TPSA) is 12.0 Å². The quantitative estimate of drug-likeness (QED) is 0.857. The Bertz CT molecular complexity index is 641. The molecule has 0 aromatic heterocycles. The van der Waals surface area contributed by atoms with Gasteiger partial charge in [0.15, 0.2) is 11.6 Å². The van der Waals surface area contributed by atoms with E-state index in [4.69, 9.17) is 0 Å². The lowest BCUT2D eigenvalue weighted by atomic mass is 9.96. The van der Waals surface area contributed by atoms with E-state index in [0.717, 1.165) is 15.6 Å². The highest BCUT2D eigenvalue weighted by Gasteiger charge is 2.22. The lowest BCUT2D eigenvalue weighted by Crippen LogP contribution is -2.20. The number of halogens is 3. The van der Waals surface area contributed by atoms with Gasteiger partial charge in [-0.1, -0.05) is 46.3 Å². The highest BCUT2D eigenvalue weighted by atomic mass is 79.9. The molecule has 0 aliphatic rings. The summed E-state index contributed by atoms with van der Waals surface area (Å²) < 4.78 is 28.9. The summed E-state index contributed by atoms with van der Waals surface area (Å²) in [6, 6.07) is 8.59. The first-order valence-corrected chi connectivity index (χ1v) is 7.13. The van der Waals surface area contributed by atoms with Gasteiger partial charge in [0.2, 0.25) is 0 Å². The zero-order chi connectivity index (χ0) is 14.9. The fraction of sp³-hybridized carbons (Fsp3) is 0.250. The van der Waals surface area contributed by atoms with Crippen molar-refractivity contribution in [3.63, 3.8) is 0 Å². The average molecular weight is 340 g/mol. The van der Waals surface area contributed by atoms with Gasteiger partial charge in [-0.25, -0.2) is 8.78 Å². The monoisotopic (exact) mass is 339 g/mol. The molecule has 0 heterocycles. The van der Waals surface area contributed by atoms with Gasteiger partial charge in [0.1, 0.15) is 0 Å². The van der Waals surface area contributed by atoms with Gasteiger partial charge in [0, 0.05) is 10.0 Å². The Hall–Kier alpha value is -1.26. The van der Waals surface area contributed by atoms with Gasteiger partial charge < -0.3 is 5.32 Å². The van der Waals surface area contributed by atoms with Crippen molar-refractivity contribution in [2.75, 3.05) is 7.05 Å². The summed E-state index contributed by atoms with van der Waals surface area (Å²) in [6.07, 6.45) is 0. The maximum Gasteiger partial charge on any atom is 0.164 e. The predicted molar refractivity (Wildman–Crippen MR) is 80.9 cm³/mol. The fourth-order valence-electron chi connectivity index (χ4n) is 2.26. The Kier molecular flexibility index (Phi) is 4.55. The molecule has 0 bridgehead atoms. The minimum Gasteiger partial charge on any atom is -0.309 e. The van der Waals surface area contributed by atoms with E-state index >= 15 is 0 Å². The second-order valence-corrected chi connectivity index (χ2v) is 5.59. The first kappa shape index (κ1) is 15.1. The second-order valence-electron chi connectivity index (χ2n) is 4.80. The third-order valence-corrected chi connectivity index (χ3v) is 4.52. The molecular formula is C16H16BrF2N. The van der Waals surface area contributed by atoms with Gasteiger partial charge in [0.05, 0.1) is 6.04 Å². The van der Waals surface area contributed by atoms with Crippen molar-refractivity contribution < 1.29 is 8.78 Å². The maximum absolute atomic E-state index is 14.2. The first-order valence-electron chi connectivity index (χ1n) is 6.34. The molecule has 0 aliphatic carbocycles. The molecule has 0 saturated heterocycles. The van der Waals surface area contributed by atoms with Crippen LogP contribution in [0.3, 0.4) is 0 Å². The molecule has 0 radical (unpaired) electrons. The van der Waals surface area contributed by atoms with Crippen molar-refractivity contribution >= 4 is 15.9 Å². The number of nitrogens with one attached hydrogen (secondary N) is 1. The smallest absolute Gasteiger partial charge is 0.164 e. The van der Waals surface area contributed by atoms with Crippen LogP contribution in [0.2, 0.25) is 0 Å². The number of hydrogen-bond acceptors (Lipinski definition) is 1. The Morgan fingerprint density at radius 2 is 1.65 bits per heavy atom. The Morgan fingerprint density at radius 3 is 2.30 bits per heavy atom. The van der Waals surface area contributed by atoms with Crippen molar-refractivity contribution in [3.8, 4) is 0 Å². The number of benzene rings is 2. The molecule has 20 heavy (non-hydrogen) atoms. The van der Waals surface area contributed by atoms with Crippen molar-refractivity contribution in [1.82, 2.24) is 5.32 Å². The van der Waals surface area contributed by atoms with Crippen LogP contribution in [0.25, 0.3) is 0 Å². The zero-order valence-electron chi connectivity index (χ0n) is 11.6. The summed E-state index contributed by atoms with van der Waals surface area (Å²) in [4.78, 5) is 0. The number of rotatable bonds is 3. The molecular weight excluding hydrogens is 324 g/mol. The fourth-order valence-corrected chi connectivity index (χ4v) is 2.75. The van der Waals surface area contributed by atoms with E-state index in [1.807, 2.05) is 25.1 Å². The van der Waals surface area contributed by atoms with Crippen molar-refractivity contribution in [3.05, 3.63) is 68.7 Å². The zero-order valence-corrected chi connectivity index (χ0v) is 13.2. The van der Waals surface area contributed by atoms with E-state index in [1.165, 1.54) is 0 Å². The third kappa shape index (κ3) is 2.63. The summed E-state index contributed by atoms with van der Waals surface area (Å²) >= 11 is 3.52. The Labute approximate surface area is 126 Å². The van der Waals surface area contributed by atoms with Crippen LogP contribution in [-0.2, 0) is 0 Å². The first-order chi connectivity index (χ1) is 9.47.